The molecule has 2 aromatic carbocycles. The molecule has 11 heteroatoms. The van der Waals surface area contributed by atoms with Crippen molar-refractivity contribution in [2.24, 2.45) is 0 Å². The topological polar surface area (TPSA) is 92.0 Å². The number of carboxylic acids is 1. The van der Waals surface area contributed by atoms with Crippen LogP contribution in [0.1, 0.15) is 40.1 Å². The van der Waals surface area contributed by atoms with Gasteiger partial charge in [0, 0.05) is 35.9 Å². The Morgan fingerprint density at radius 2 is 1.92 bits per heavy atom. The molecule has 3 heterocycles. The first-order chi connectivity index (χ1) is 17.6. The van der Waals surface area contributed by atoms with E-state index in [9.17, 15) is 23.1 Å². The molecule has 1 unspecified atom stereocenters. The highest BCUT2D eigenvalue weighted by Crippen LogP contribution is 2.33. The predicted molar refractivity (Wildman–Crippen MR) is 133 cm³/mol. The Balaban J connectivity index is 1.69. The fourth-order valence-electron chi connectivity index (χ4n) is 4.74. The number of benzene rings is 2. The highest BCUT2D eigenvalue weighted by molar-refractivity contribution is 5.96. The summed E-state index contributed by atoms with van der Waals surface area (Å²) >= 11 is 0. The van der Waals surface area contributed by atoms with Crippen molar-refractivity contribution >= 4 is 34.2 Å². The molecule has 1 fully saturated rings. The summed E-state index contributed by atoms with van der Waals surface area (Å²) in [5, 5.41) is 13.5. The largest absolute Gasteiger partial charge is 0.478 e. The molecule has 1 aliphatic rings. The predicted octanol–water partition coefficient (Wildman–Crippen LogP) is 5.00. The Morgan fingerprint density at radius 3 is 2.62 bits per heavy atom. The molecule has 5 rings (SSSR count). The molecule has 2 aromatic heterocycles. The Morgan fingerprint density at radius 1 is 1.19 bits per heavy atom. The summed E-state index contributed by atoms with van der Waals surface area (Å²) in [6.45, 7) is 5.84. The van der Waals surface area contributed by atoms with E-state index in [-0.39, 0.29) is 17.3 Å². The molecule has 1 saturated heterocycles. The number of aromatic carboxylic acids is 1. The molecule has 0 amide bonds. The molecule has 0 bridgehead atoms. The summed E-state index contributed by atoms with van der Waals surface area (Å²) in [7, 11) is 0. The summed E-state index contributed by atoms with van der Waals surface area (Å²) in [6, 6.07) is 10.1. The van der Waals surface area contributed by atoms with Gasteiger partial charge in [-0.1, -0.05) is 18.2 Å². The third-order valence-electron chi connectivity index (χ3n) is 6.38. The first-order valence-electron chi connectivity index (χ1n) is 11.9. The number of nitrogens with zero attached hydrogens (tertiary/aromatic N) is 4. The van der Waals surface area contributed by atoms with Gasteiger partial charge in [-0.15, -0.1) is 0 Å². The molecule has 0 spiro atoms. The van der Waals surface area contributed by atoms with Gasteiger partial charge in [-0.3, -0.25) is 4.40 Å². The lowest BCUT2D eigenvalue weighted by molar-refractivity contribution is -0.127. The Kier molecular flexibility index (Phi) is 6.40. The van der Waals surface area contributed by atoms with Crippen LogP contribution in [0.25, 0.3) is 16.6 Å². The van der Waals surface area contributed by atoms with Crippen molar-refractivity contribution in [2.45, 2.75) is 32.5 Å². The van der Waals surface area contributed by atoms with E-state index in [0.717, 1.165) is 11.1 Å². The zero-order valence-corrected chi connectivity index (χ0v) is 20.3. The lowest BCUT2D eigenvalue weighted by Crippen LogP contribution is -2.38. The maximum atomic E-state index is 13.2. The van der Waals surface area contributed by atoms with E-state index in [1.54, 1.807) is 22.6 Å². The molecule has 0 saturated carbocycles. The number of morpholine rings is 1. The van der Waals surface area contributed by atoms with Gasteiger partial charge in [0.15, 0.2) is 0 Å². The smallest absolute Gasteiger partial charge is 0.394 e. The zero-order valence-electron chi connectivity index (χ0n) is 20.3. The van der Waals surface area contributed by atoms with Crippen molar-refractivity contribution in [1.82, 2.24) is 14.4 Å². The number of ether oxygens (including phenoxy) is 1. The lowest BCUT2D eigenvalue weighted by Gasteiger charge is -2.29. The van der Waals surface area contributed by atoms with E-state index in [1.165, 1.54) is 12.3 Å². The number of carboxylic acid groups (broad SMARTS) is 1. The van der Waals surface area contributed by atoms with Crippen molar-refractivity contribution in [1.29, 1.82) is 0 Å². The van der Waals surface area contributed by atoms with E-state index in [2.05, 4.69) is 10.3 Å². The second-order valence-electron chi connectivity index (χ2n) is 9.20. The average Bonchev–Trinajstić information content (AvgIpc) is 3.26. The molecule has 1 aliphatic heterocycles. The van der Waals surface area contributed by atoms with Gasteiger partial charge in [0.2, 0.25) is 5.95 Å². The van der Waals surface area contributed by atoms with Crippen LogP contribution in [0.15, 0.2) is 42.6 Å². The first-order valence-corrected chi connectivity index (χ1v) is 11.9. The molecular formula is C26H26F3N5O3. The standard InChI is InChI=1S/C26H26F3N5O3/c1-15-11-19(16(2)30-21-6-4-3-5-18(21)24(35)36)22-20(12-15)23-31-17(13-26(27,28)29)14-34(23)25(32-22)33-7-9-37-10-8-33/h3-6,11-12,14,16,30H,7-10,13H2,1-2H3,(H,35,36). The summed E-state index contributed by atoms with van der Waals surface area (Å²) in [4.78, 5) is 23.0. The number of halogens is 3. The highest BCUT2D eigenvalue weighted by atomic mass is 19.4. The van der Waals surface area contributed by atoms with Gasteiger partial charge < -0.3 is 20.1 Å². The van der Waals surface area contributed by atoms with Crippen molar-refractivity contribution in [3.8, 4) is 0 Å². The van der Waals surface area contributed by atoms with Crippen LogP contribution in [-0.2, 0) is 11.2 Å². The number of fused-ring (bicyclic) bond motifs is 3. The van der Waals surface area contributed by atoms with Crippen LogP contribution in [0.5, 0.6) is 0 Å². The van der Waals surface area contributed by atoms with Gasteiger partial charge in [-0.25, -0.2) is 14.8 Å². The van der Waals surface area contributed by atoms with E-state index >= 15 is 0 Å². The fourth-order valence-corrected chi connectivity index (χ4v) is 4.74. The zero-order chi connectivity index (χ0) is 26.3. The minimum absolute atomic E-state index is 0.0825. The lowest BCUT2D eigenvalue weighted by atomic mass is 10.0. The third-order valence-corrected chi connectivity index (χ3v) is 6.38. The van der Waals surface area contributed by atoms with Crippen LogP contribution in [0.4, 0.5) is 24.8 Å². The van der Waals surface area contributed by atoms with Crippen LogP contribution < -0.4 is 10.2 Å². The summed E-state index contributed by atoms with van der Waals surface area (Å²) < 4.78 is 46.8. The maximum absolute atomic E-state index is 13.2. The third kappa shape index (κ3) is 5.04. The average molecular weight is 514 g/mol. The fraction of sp³-hybridized carbons (Fsp3) is 0.346. The monoisotopic (exact) mass is 513 g/mol. The molecule has 37 heavy (non-hydrogen) atoms. The minimum Gasteiger partial charge on any atom is -0.478 e. The van der Waals surface area contributed by atoms with Gasteiger partial charge in [0.1, 0.15) is 5.65 Å². The van der Waals surface area contributed by atoms with E-state index in [1.807, 2.05) is 30.9 Å². The number of hydrogen-bond acceptors (Lipinski definition) is 6. The van der Waals surface area contributed by atoms with Crippen LogP contribution in [0.2, 0.25) is 0 Å². The number of para-hydroxylation sites is 1. The first kappa shape index (κ1) is 24.8. The molecule has 8 nitrogen and oxygen atoms in total. The summed E-state index contributed by atoms with van der Waals surface area (Å²) in [5.41, 5.74) is 3.17. The van der Waals surface area contributed by atoms with Crippen LogP contribution >= 0.6 is 0 Å². The molecule has 1 atom stereocenters. The van der Waals surface area contributed by atoms with Crippen LogP contribution in [0.3, 0.4) is 0 Å². The van der Waals surface area contributed by atoms with Crippen molar-refractivity contribution < 1.29 is 27.8 Å². The van der Waals surface area contributed by atoms with Gasteiger partial charge in [0.25, 0.3) is 0 Å². The quantitative estimate of drug-likeness (QED) is 0.375. The summed E-state index contributed by atoms with van der Waals surface area (Å²) in [5.74, 6) is -0.552. The Hall–Kier alpha value is -3.86. The van der Waals surface area contributed by atoms with E-state index in [4.69, 9.17) is 9.72 Å². The second kappa shape index (κ2) is 9.55. The van der Waals surface area contributed by atoms with E-state index < -0.39 is 18.6 Å². The Bertz CT molecular complexity index is 1480. The Labute approximate surface area is 210 Å². The number of imidazole rings is 1. The van der Waals surface area contributed by atoms with Crippen molar-refractivity contribution in [3.63, 3.8) is 0 Å². The van der Waals surface area contributed by atoms with Crippen molar-refractivity contribution in [2.75, 3.05) is 36.5 Å². The number of aryl methyl sites for hydroxylation is 1. The molecule has 0 radical (unpaired) electrons. The molecule has 2 N–H and O–H groups in total. The van der Waals surface area contributed by atoms with Crippen LogP contribution in [-0.4, -0.2) is 57.9 Å². The highest BCUT2D eigenvalue weighted by Gasteiger charge is 2.30. The summed E-state index contributed by atoms with van der Waals surface area (Å²) in [6.07, 6.45) is -4.12. The van der Waals surface area contributed by atoms with Gasteiger partial charge in [0.05, 0.1) is 42.5 Å². The number of rotatable bonds is 6. The van der Waals surface area contributed by atoms with Gasteiger partial charge in [-0.2, -0.15) is 13.2 Å². The molecular weight excluding hydrogens is 487 g/mol. The number of hydrogen-bond donors (Lipinski definition) is 2. The van der Waals surface area contributed by atoms with E-state index in [0.29, 0.717) is 54.5 Å². The van der Waals surface area contributed by atoms with Crippen LogP contribution in [0, 0.1) is 6.92 Å². The van der Waals surface area contributed by atoms with Gasteiger partial charge >= 0.3 is 12.1 Å². The van der Waals surface area contributed by atoms with Gasteiger partial charge in [-0.05, 0) is 37.6 Å². The number of aromatic nitrogens is 3. The maximum Gasteiger partial charge on any atom is 0.394 e. The normalized spacial score (nSPS) is 15.3. The minimum atomic E-state index is -4.39. The molecule has 194 valence electrons. The molecule has 0 aliphatic carbocycles. The number of anilines is 2. The molecule has 4 aromatic rings. The second-order valence-corrected chi connectivity index (χ2v) is 9.20. The number of alkyl halides is 3. The number of carbonyl (C=O) groups is 1. The number of nitrogens with one attached hydrogen (secondary N) is 1. The SMILES string of the molecule is Cc1cc(C(C)Nc2ccccc2C(=O)O)c2nc(N3CCOCC3)n3cc(CC(F)(F)F)nc3c2c1. The van der Waals surface area contributed by atoms with Crippen molar-refractivity contribution in [3.05, 3.63) is 65.0 Å².